The van der Waals surface area contributed by atoms with Gasteiger partial charge in [0.25, 0.3) is 5.56 Å². The van der Waals surface area contributed by atoms with Crippen LogP contribution in [0.1, 0.15) is 13.8 Å². The molecule has 2 aliphatic heterocycles. The van der Waals surface area contributed by atoms with Crippen molar-refractivity contribution in [3.63, 3.8) is 0 Å². The molecule has 11 nitrogen and oxygen atoms in total. The van der Waals surface area contributed by atoms with E-state index in [0.717, 1.165) is 22.9 Å². The molecule has 2 fully saturated rings. The third-order valence-electron chi connectivity index (χ3n) is 4.03. The number of aliphatic carboxylic acids is 1. The Morgan fingerprint density at radius 3 is 2.56 bits per heavy atom. The highest BCUT2D eigenvalue weighted by atomic mass is 32.2. The predicted octanol–water partition coefficient (Wildman–Crippen LogP) is -2.14. The molecule has 2 aliphatic rings. The van der Waals surface area contributed by atoms with Gasteiger partial charge in [-0.05, 0) is 13.8 Å². The molecular weight excluding hydrogens is 376 g/mol. The summed E-state index contributed by atoms with van der Waals surface area (Å²) >= 11 is 1.16. The molecule has 0 saturated carbocycles. The van der Waals surface area contributed by atoms with Gasteiger partial charge in [-0.2, -0.15) is 4.72 Å². The largest absolute Gasteiger partial charge is 0.480 e. The minimum atomic E-state index is -4.39. The third-order valence-corrected chi connectivity index (χ3v) is 7.05. The number of carbonyl (C=O) groups excluding carboxylic acids is 1. The van der Waals surface area contributed by atoms with Gasteiger partial charge in [0.15, 0.2) is 4.90 Å². The lowest BCUT2D eigenvalue weighted by Gasteiger charge is -2.43. The zero-order chi connectivity index (χ0) is 18.7. The number of carbonyl (C=O) groups is 2. The number of fused-ring (bicyclic) bond motifs is 1. The van der Waals surface area contributed by atoms with Crippen molar-refractivity contribution in [3.05, 3.63) is 27.0 Å². The summed E-state index contributed by atoms with van der Waals surface area (Å²) in [5.74, 6) is -1.85. The van der Waals surface area contributed by atoms with Crippen LogP contribution in [0.4, 0.5) is 0 Å². The minimum Gasteiger partial charge on any atom is -0.480 e. The smallest absolute Gasteiger partial charge is 0.327 e. The number of nitrogens with zero attached hydrogens (tertiary/aromatic N) is 1. The molecule has 3 atom stereocenters. The predicted molar refractivity (Wildman–Crippen MR) is 85.5 cm³/mol. The van der Waals surface area contributed by atoms with E-state index in [4.69, 9.17) is 0 Å². The highest BCUT2D eigenvalue weighted by Crippen LogP contribution is 2.50. The molecule has 25 heavy (non-hydrogen) atoms. The number of aromatic amines is 2. The number of H-pyrrole nitrogens is 2. The zero-order valence-electron chi connectivity index (χ0n) is 13.0. The van der Waals surface area contributed by atoms with Crippen molar-refractivity contribution < 1.29 is 23.1 Å². The fraction of sp³-hybridized carbons (Fsp3) is 0.500. The molecule has 2 saturated heterocycles. The van der Waals surface area contributed by atoms with Gasteiger partial charge in [0.1, 0.15) is 17.5 Å². The topological polar surface area (TPSA) is 169 Å². The van der Waals surface area contributed by atoms with Crippen molar-refractivity contribution in [3.8, 4) is 0 Å². The Morgan fingerprint density at radius 1 is 1.36 bits per heavy atom. The Balaban J connectivity index is 1.88. The number of hydrogen-bond donors (Lipinski definition) is 4. The summed E-state index contributed by atoms with van der Waals surface area (Å²) < 4.78 is 26.0. The highest BCUT2D eigenvalue weighted by molar-refractivity contribution is 8.01. The molecule has 0 spiro atoms. The maximum Gasteiger partial charge on any atom is 0.327 e. The number of β-lactam (4-membered cyclic amide) rings is 1. The molecule has 3 heterocycles. The quantitative estimate of drug-likeness (QED) is 0.422. The number of amides is 1. The molecule has 136 valence electrons. The molecule has 0 unspecified atom stereocenters. The number of rotatable bonds is 4. The lowest BCUT2D eigenvalue weighted by Crippen LogP contribution is -2.70. The maximum absolute atomic E-state index is 12.3. The normalized spacial score (nSPS) is 27.7. The summed E-state index contributed by atoms with van der Waals surface area (Å²) in [4.78, 5) is 50.5. The first kappa shape index (κ1) is 17.7. The monoisotopic (exact) mass is 390 g/mol. The number of hydrogen-bond acceptors (Lipinski definition) is 7. The summed E-state index contributed by atoms with van der Waals surface area (Å²) in [6.07, 6.45) is 0.732. The zero-order valence-corrected chi connectivity index (χ0v) is 14.6. The lowest BCUT2D eigenvalue weighted by molar-refractivity contribution is -0.159. The maximum atomic E-state index is 12.3. The van der Waals surface area contributed by atoms with Crippen molar-refractivity contribution >= 4 is 33.7 Å². The molecule has 1 aromatic rings. The van der Waals surface area contributed by atoms with Gasteiger partial charge >= 0.3 is 11.7 Å². The number of nitrogens with one attached hydrogen (secondary N) is 3. The van der Waals surface area contributed by atoms with Crippen molar-refractivity contribution in [2.24, 2.45) is 0 Å². The Hall–Kier alpha value is -2.12. The number of carboxylic acids is 1. The van der Waals surface area contributed by atoms with E-state index in [1.165, 1.54) is 0 Å². The van der Waals surface area contributed by atoms with E-state index in [-0.39, 0.29) is 0 Å². The molecular formula is C12H14N4O7S2. The van der Waals surface area contributed by atoms with Crippen LogP contribution in [-0.2, 0) is 19.6 Å². The van der Waals surface area contributed by atoms with E-state index < -0.39 is 60.2 Å². The van der Waals surface area contributed by atoms with Gasteiger partial charge in [-0.3, -0.25) is 14.6 Å². The van der Waals surface area contributed by atoms with Crippen LogP contribution in [-0.4, -0.2) is 62.5 Å². The van der Waals surface area contributed by atoms with Gasteiger partial charge in [0.2, 0.25) is 15.9 Å². The Kier molecular flexibility index (Phi) is 3.85. The molecule has 0 aromatic carbocycles. The van der Waals surface area contributed by atoms with Crippen LogP contribution in [0.5, 0.6) is 0 Å². The number of thioether (sulfide) groups is 1. The van der Waals surface area contributed by atoms with Crippen LogP contribution in [0.15, 0.2) is 20.7 Å². The summed E-state index contributed by atoms with van der Waals surface area (Å²) in [7, 11) is -4.39. The SMILES string of the molecule is CC1(C)S[C@@H]2[C@H](NS(=O)(=O)c3c[nH]c(=O)[nH]c3=O)C(=O)N2[C@H]1C(=O)O. The molecule has 0 bridgehead atoms. The van der Waals surface area contributed by atoms with Gasteiger partial charge in [0, 0.05) is 10.9 Å². The van der Waals surface area contributed by atoms with Gasteiger partial charge in [0.05, 0.1) is 0 Å². The van der Waals surface area contributed by atoms with Gasteiger partial charge in [-0.15, -0.1) is 11.8 Å². The van der Waals surface area contributed by atoms with Gasteiger partial charge in [-0.25, -0.2) is 18.0 Å². The van der Waals surface area contributed by atoms with Crippen molar-refractivity contribution in [2.45, 2.75) is 40.9 Å². The number of carboxylic acid groups (broad SMARTS) is 1. The van der Waals surface area contributed by atoms with Gasteiger partial charge < -0.3 is 15.0 Å². The standard InChI is InChI=1S/C12H14N4O7S2/c1-12(2)6(10(19)20)16-8(18)5(9(16)24-12)15-25(22,23)4-3-13-11(21)14-7(4)17/h3,5-6,9,15H,1-2H3,(H,19,20)(H2,13,14,17,21)/t5-,6+,9-/m1/s1. The second kappa shape index (κ2) is 5.44. The average molecular weight is 390 g/mol. The molecule has 0 radical (unpaired) electrons. The summed E-state index contributed by atoms with van der Waals surface area (Å²) in [5, 5.41) is 8.63. The fourth-order valence-corrected chi connectivity index (χ4v) is 5.86. The Labute approximate surface area is 144 Å². The van der Waals surface area contributed by atoms with E-state index in [1.54, 1.807) is 18.8 Å². The first-order chi connectivity index (χ1) is 11.5. The summed E-state index contributed by atoms with van der Waals surface area (Å²) in [5.41, 5.74) is -1.99. The Morgan fingerprint density at radius 2 is 2.00 bits per heavy atom. The van der Waals surface area contributed by atoms with Crippen LogP contribution < -0.4 is 16.0 Å². The van der Waals surface area contributed by atoms with Crippen LogP contribution in [0.25, 0.3) is 0 Å². The van der Waals surface area contributed by atoms with E-state index in [9.17, 15) is 32.7 Å². The van der Waals surface area contributed by atoms with E-state index >= 15 is 0 Å². The first-order valence-corrected chi connectivity index (χ1v) is 9.39. The molecule has 3 rings (SSSR count). The first-order valence-electron chi connectivity index (χ1n) is 7.03. The minimum absolute atomic E-state index is 0.681. The van der Waals surface area contributed by atoms with Gasteiger partial charge in [-0.1, -0.05) is 0 Å². The van der Waals surface area contributed by atoms with Crippen molar-refractivity contribution in [1.29, 1.82) is 0 Å². The third kappa shape index (κ3) is 2.67. The molecule has 4 N–H and O–H groups in total. The summed E-state index contributed by atoms with van der Waals surface area (Å²) in [6.45, 7) is 3.31. The molecule has 1 aromatic heterocycles. The number of aromatic nitrogens is 2. The van der Waals surface area contributed by atoms with Crippen LogP contribution >= 0.6 is 11.8 Å². The molecule has 0 aliphatic carbocycles. The van der Waals surface area contributed by atoms with Crippen LogP contribution in [0.2, 0.25) is 0 Å². The van der Waals surface area contributed by atoms with E-state index in [0.29, 0.717) is 0 Å². The lowest BCUT2D eigenvalue weighted by atomic mass is 9.96. The number of sulfonamides is 1. The molecule has 1 amide bonds. The van der Waals surface area contributed by atoms with Crippen molar-refractivity contribution in [2.75, 3.05) is 0 Å². The van der Waals surface area contributed by atoms with Crippen LogP contribution in [0.3, 0.4) is 0 Å². The average Bonchev–Trinajstić information content (AvgIpc) is 2.73. The fourth-order valence-electron chi connectivity index (χ4n) is 2.95. The summed E-state index contributed by atoms with van der Waals surface area (Å²) in [6, 6.07) is -2.27. The van der Waals surface area contributed by atoms with E-state index in [2.05, 4.69) is 4.72 Å². The van der Waals surface area contributed by atoms with E-state index in [1.807, 2.05) is 4.98 Å². The molecule has 13 heteroatoms. The second-order valence-corrected chi connectivity index (χ2v) is 9.59. The Bertz CT molecular complexity index is 980. The van der Waals surface area contributed by atoms with Crippen LogP contribution in [0, 0.1) is 0 Å². The van der Waals surface area contributed by atoms with Crippen molar-refractivity contribution in [1.82, 2.24) is 19.6 Å². The highest BCUT2D eigenvalue weighted by Gasteiger charge is 2.64. The second-order valence-electron chi connectivity index (χ2n) is 6.13.